The van der Waals surface area contributed by atoms with E-state index in [0.717, 1.165) is 11.3 Å². The number of piperidine rings is 1. The van der Waals surface area contributed by atoms with Gasteiger partial charge >= 0.3 is 5.97 Å². The lowest BCUT2D eigenvalue weighted by Crippen LogP contribution is -2.40. The molecule has 7 nitrogen and oxygen atoms in total. The molecule has 156 valence electrons. The van der Waals surface area contributed by atoms with E-state index >= 15 is 0 Å². The molecule has 1 aromatic heterocycles. The van der Waals surface area contributed by atoms with Crippen molar-refractivity contribution in [3.8, 4) is 0 Å². The van der Waals surface area contributed by atoms with Crippen LogP contribution >= 0.6 is 34.5 Å². The number of hydrogen-bond acceptors (Lipinski definition) is 6. The van der Waals surface area contributed by atoms with Gasteiger partial charge in [-0.2, -0.15) is 4.31 Å². The van der Waals surface area contributed by atoms with E-state index in [1.807, 2.05) is 0 Å². The lowest BCUT2D eigenvalue weighted by Gasteiger charge is -2.29. The Kier molecular flexibility index (Phi) is 7.18. The summed E-state index contributed by atoms with van der Waals surface area (Å²) in [6, 6.07) is 7.87. The van der Waals surface area contributed by atoms with Crippen LogP contribution in [0.3, 0.4) is 0 Å². The average Bonchev–Trinajstić information content (AvgIpc) is 3.25. The molecule has 0 spiro atoms. The number of benzene rings is 1. The summed E-state index contributed by atoms with van der Waals surface area (Å²) >= 11 is 12.9. The zero-order chi connectivity index (χ0) is 21.0. The number of carbonyl (C=O) groups is 2. The minimum absolute atomic E-state index is 0.232. The van der Waals surface area contributed by atoms with E-state index in [2.05, 4.69) is 5.32 Å². The van der Waals surface area contributed by atoms with Crippen molar-refractivity contribution in [3.63, 3.8) is 0 Å². The Morgan fingerprint density at radius 1 is 1.17 bits per heavy atom. The van der Waals surface area contributed by atoms with Crippen molar-refractivity contribution in [2.45, 2.75) is 17.1 Å². The molecule has 1 fully saturated rings. The quantitative estimate of drug-likeness (QED) is 0.642. The molecular weight excluding hydrogens is 459 g/mol. The second-order valence-electron chi connectivity index (χ2n) is 6.40. The summed E-state index contributed by atoms with van der Waals surface area (Å²) < 4.78 is 31.8. The molecule has 2 aromatic rings. The van der Waals surface area contributed by atoms with Crippen LogP contribution < -0.4 is 5.32 Å². The van der Waals surface area contributed by atoms with Gasteiger partial charge in [0.05, 0.1) is 16.0 Å². The van der Waals surface area contributed by atoms with E-state index in [9.17, 15) is 18.0 Å². The number of carbonyl (C=O) groups excluding carboxylic acids is 2. The number of hydrogen-bond donors (Lipinski definition) is 1. The molecule has 1 N–H and O–H groups in total. The smallest absolute Gasteiger partial charge is 0.309 e. The number of amides is 1. The Morgan fingerprint density at radius 3 is 2.52 bits per heavy atom. The van der Waals surface area contributed by atoms with E-state index in [-0.39, 0.29) is 17.3 Å². The molecule has 3 rings (SSSR count). The summed E-state index contributed by atoms with van der Waals surface area (Å²) in [6.07, 6.45) is 0.690. The number of thiophene rings is 1. The van der Waals surface area contributed by atoms with Crippen LogP contribution in [0.25, 0.3) is 0 Å². The summed E-state index contributed by atoms with van der Waals surface area (Å²) in [7, 11) is -3.52. The van der Waals surface area contributed by atoms with Gasteiger partial charge in [0.1, 0.15) is 4.21 Å². The first-order chi connectivity index (χ1) is 13.8. The number of anilines is 1. The fourth-order valence-corrected chi connectivity index (χ4v) is 5.81. The summed E-state index contributed by atoms with van der Waals surface area (Å²) in [6.45, 7) is 0.0255. The van der Waals surface area contributed by atoms with Crippen LogP contribution in [-0.4, -0.2) is 44.3 Å². The van der Waals surface area contributed by atoms with Gasteiger partial charge in [-0.3, -0.25) is 9.59 Å². The van der Waals surface area contributed by atoms with Gasteiger partial charge in [0.2, 0.25) is 0 Å². The van der Waals surface area contributed by atoms with E-state index in [4.69, 9.17) is 27.9 Å². The number of nitrogens with one attached hydrogen (secondary N) is 1. The molecule has 1 aliphatic rings. The normalized spacial score (nSPS) is 15.8. The second kappa shape index (κ2) is 9.44. The molecule has 0 bridgehead atoms. The van der Waals surface area contributed by atoms with Crippen molar-refractivity contribution in [1.29, 1.82) is 0 Å². The standard InChI is InChI=1S/C18H18Cl2N2O5S2/c19-14-4-3-13(10-15(14)20)21-16(23)11-27-18(24)12-5-7-22(8-6-12)29(25,26)17-2-1-9-28-17/h1-4,9-10,12H,5-8,11H2,(H,21,23). The highest BCUT2D eigenvalue weighted by Crippen LogP contribution is 2.27. The monoisotopic (exact) mass is 476 g/mol. The highest BCUT2D eigenvalue weighted by Gasteiger charge is 2.33. The molecule has 2 heterocycles. The molecular formula is C18H18Cl2N2O5S2. The van der Waals surface area contributed by atoms with E-state index in [1.165, 1.54) is 10.4 Å². The van der Waals surface area contributed by atoms with Crippen molar-refractivity contribution in [2.24, 2.45) is 5.92 Å². The Labute approximate surface area is 182 Å². The van der Waals surface area contributed by atoms with Crippen molar-refractivity contribution >= 4 is 62.1 Å². The average molecular weight is 477 g/mol. The van der Waals surface area contributed by atoms with E-state index in [0.29, 0.717) is 28.6 Å². The number of ether oxygens (including phenoxy) is 1. The maximum atomic E-state index is 12.5. The summed E-state index contributed by atoms with van der Waals surface area (Å²) in [5, 5.41) is 4.93. The summed E-state index contributed by atoms with van der Waals surface area (Å²) in [5.74, 6) is -1.46. The molecule has 11 heteroatoms. The van der Waals surface area contributed by atoms with Gasteiger partial charge in [-0.05, 0) is 42.5 Å². The largest absolute Gasteiger partial charge is 0.455 e. The Hall–Kier alpha value is -1.65. The van der Waals surface area contributed by atoms with Gasteiger partial charge in [-0.25, -0.2) is 8.42 Å². The number of halogens is 2. The molecule has 0 saturated carbocycles. The summed E-state index contributed by atoms with van der Waals surface area (Å²) in [5.41, 5.74) is 0.438. The minimum atomic E-state index is -3.52. The maximum Gasteiger partial charge on any atom is 0.309 e. The number of nitrogens with zero attached hydrogens (tertiary/aromatic N) is 1. The zero-order valence-electron chi connectivity index (χ0n) is 15.1. The van der Waals surface area contributed by atoms with Gasteiger partial charge in [0, 0.05) is 18.8 Å². The van der Waals surface area contributed by atoms with Crippen LogP contribution in [0.5, 0.6) is 0 Å². The van der Waals surface area contributed by atoms with Crippen LogP contribution in [-0.2, 0) is 24.3 Å². The molecule has 0 radical (unpaired) electrons. The Balaban J connectivity index is 1.46. The van der Waals surface area contributed by atoms with Crippen LogP contribution in [0.15, 0.2) is 39.9 Å². The third kappa shape index (κ3) is 5.49. The van der Waals surface area contributed by atoms with Gasteiger partial charge in [-0.1, -0.05) is 29.3 Å². The number of esters is 1. The Bertz CT molecular complexity index is 988. The Morgan fingerprint density at radius 2 is 1.90 bits per heavy atom. The second-order valence-corrected chi connectivity index (χ2v) is 10.3. The molecule has 0 aliphatic carbocycles. The number of sulfonamides is 1. The SMILES string of the molecule is O=C(COC(=O)C1CCN(S(=O)(=O)c2cccs2)CC1)Nc1ccc(Cl)c(Cl)c1. The molecule has 1 amide bonds. The van der Waals surface area contributed by atoms with E-state index in [1.54, 1.807) is 29.6 Å². The topological polar surface area (TPSA) is 92.8 Å². The molecule has 0 atom stereocenters. The number of rotatable bonds is 6. The van der Waals surface area contributed by atoms with Gasteiger partial charge < -0.3 is 10.1 Å². The molecule has 29 heavy (non-hydrogen) atoms. The fourth-order valence-electron chi connectivity index (χ4n) is 2.89. The van der Waals surface area contributed by atoms with Crippen LogP contribution in [0.2, 0.25) is 10.0 Å². The van der Waals surface area contributed by atoms with Crippen LogP contribution in [0.1, 0.15) is 12.8 Å². The lowest BCUT2D eigenvalue weighted by atomic mass is 9.98. The predicted octanol–water partition coefficient (Wildman–Crippen LogP) is 3.64. The van der Waals surface area contributed by atoms with Crippen molar-refractivity contribution in [3.05, 3.63) is 45.8 Å². The molecule has 1 aliphatic heterocycles. The molecule has 1 saturated heterocycles. The highest BCUT2D eigenvalue weighted by atomic mass is 35.5. The molecule has 1 aromatic carbocycles. The fraction of sp³-hybridized carbons (Fsp3) is 0.333. The lowest BCUT2D eigenvalue weighted by molar-refractivity contribution is -0.152. The van der Waals surface area contributed by atoms with Crippen molar-refractivity contribution < 1.29 is 22.7 Å². The van der Waals surface area contributed by atoms with Crippen LogP contribution in [0, 0.1) is 5.92 Å². The van der Waals surface area contributed by atoms with Crippen LogP contribution in [0.4, 0.5) is 5.69 Å². The van der Waals surface area contributed by atoms with E-state index < -0.39 is 34.4 Å². The first-order valence-electron chi connectivity index (χ1n) is 8.72. The third-order valence-corrected chi connectivity index (χ3v) is 8.44. The first kappa shape index (κ1) is 22.0. The highest BCUT2D eigenvalue weighted by molar-refractivity contribution is 7.91. The minimum Gasteiger partial charge on any atom is -0.455 e. The van der Waals surface area contributed by atoms with Gasteiger partial charge in [0.15, 0.2) is 6.61 Å². The van der Waals surface area contributed by atoms with Gasteiger partial charge in [-0.15, -0.1) is 11.3 Å². The van der Waals surface area contributed by atoms with Crippen molar-refractivity contribution in [1.82, 2.24) is 4.31 Å². The maximum absolute atomic E-state index is 12.5. The molecule has 0 unspecified atom stereocenters. The predicted molar refractivity (Wildman–Crippen MR) is 112 cm³/mol. The van der Waals surface area contributed by atoms with Crippen molar-refractivity contribution in [2.75, 3.05) is 25.0 Å². The third-order valence-electron chi connectivity index (χ3n) is 4.43. The first-order valence-corrected chi connectivity index (χ1v) is 11.8. The summed E-state index contributed by atoms with van der Waals surface area (Å²) in [4.78, 5) is 24.2. The van der Waals surface area contributed by atoms with Gasteiger partial charge in [0.25, 0.3) is 15.9 Å². The zero-order valence-corrected chi connectivity index (χ0v) is 18.3.